The van der Waals surface area contributed by atoms with Gasteiger partial charge in [-0.05, 0) is 36.2 Å². The number of hydrogen-bond acceptors (Lipinski definition) is 8. The van der Waals surface area contributed by atoms with Gasteiger partial charge < -0.3 is 21.5 Å². The van der Waals surface area contributed by atoms with Crippen molar-refractivity contribution in [2.24, 2.45) is 5.73 Å². The number of benzene rings is 2. The number of nitrogens with two attached hydrogens (primary N) is 1. The van der Waals surface area contributed by atoms with Gasteiger partial charge in [0.05, 0.1) is 30.1 Å². The van der Waals surface area contributed by atoms with Crippen LogP contribution in [0.4, 0.5) is 17.5 Å². The summed E-state index contributed by atoms with van der Waals surface area (Å²) in [5.74, 6) is 0.340. The number of anilines is 3. The Balaban J connectivity index is 1.67. The van der Waals surface area contributed by atoms with E-state index >= 15 is 0 Å². The van der Waals surface area contributed by atoms with Crippen LogP contribution in [0.3, 0.4) is 0 Å². The Labute approximate surface area is 183 Å². The fraction of sp³-hybridized carbons (Fsp3) is 0.136. The van der Waals surface area contributed by atoms with E-state index in [2.05, 4.69) is 36.0 Å². The third kappa shape index (κ3) is 4.55. The van der Waals surface area contributed by atoms with E-state index in [-0.39, 0.29) is 12.6 Å². The summed E-state index contributed by atoms with van der Waals surface area (Å²) in [5, 5.41) is 26.8. The van der Waals surface area contributed by atoms with E-state index in [1.165, 1.54) is 0 Å². The molecule has 1 amide bonds. The molecule has 0 aliphatic rings. The summed E-state index contributed by atoms with van der Waals surface area (Å²) in [4.78, 5) is 20.5. The number of primary amides is 1. The van der Waals surface area contributed by atoms with Gasteiger partial charge in [0.2, 0.25) is 11.9 Å². The highest BCUT2D eigenvalue weighted by atomic mass is 16.3. The van der Waals surface area contributed by atoms with Gasteiger partial charge in [-0.3, -0.25) is 9.89 Å². The number of carbonyl (C=O) groups excluding carboxylic acids is 1. The quantitative estimate of drug-likeness (QED) is 0.286. The SMILES string of the molecule is Cc1cc(Nc2ncc(-c3cnn[nH]3)c(N[C@H](CO)c3ccccc3)n2)ccc1C(N)=O. The Hall–Kier alpha value is -4.31. The van der Waals surface area contributed by atoms with Gasteiger partial charge in [-0.2, -0.15) is 4.98 Å². The number of hydrogen-bond donors (Lipinski definition) is 5. The first-order valence-electron chi connectivity index (χ1n) is 9.88. The van der Waals surface area contributed by atoms with Gasteiger partial charge in [0.1, 0.15) is 5.82 Å². The van der Waals surface area contributed by atoms with Crippen LogP contribution in [0, 0.1) is 6.92 Å². The lowest BCUT2D eigenvalue weighted by Gasteiger charge is -2.19. The lowest BCUT2D eigenvalue weighted by Crippen LogP contribution is -2.17. The number of amides is 1. The highest BCUT2D eigenvalue weighted by Gasteiger charge is 2.17. The number of rotatable bonds is 8. The Morgan fingerprint density at radius 2 is 2.00 bits per heavy atom. The van der Waals surface area contributed by atoms with E-state index in [9.17, 15) is 9.90 Å². The predicted molar refractivity (Wildman–Crippen MR) is 120 cm³/mol. The maximum Gasteiger partial charge on any atom is 0.248 e. The van der Waals surface area contributed by atoms with Gasteiger partial charge in [-0.15, -0.1) is 5.10 Å². The largest absolute Gasteiger partial charge is 0.394 e. The van der Waals surface area contributed by atoms with Gasteiger partial charge >= 0.3 is 0 Å². The van der Waals surface area contributed by atoms with Crippen molar-refractivity contribution in [2.75, 3.05) is 17.2 Å². The molecule has 0 unspecified atom stereocenters. The monoisotopic (exact) mass is 430 g/mol. The van der Waals surface area contributed by atoms with Crippen LogP contribution in [0.25, 0.3) is 11.3 Å². The first-order chi connectivity index (χ1) is 15.5. The second-order valence-corrected chi connectivity index (χ2v) is 7.14. The van der Waals surface area contributed by atoms with E-state index in [0.29, 0.717) is 34.3 Å². The molecule has 10 nitrogen and oxygen atoms in total. The van der Waals surface area contributed by atoms with Crippen molar-refractivity contribution in [1.29, 1.82) is 0 Å². The molecule has 2 heterocycles. The summed E-state index contributed by atoms with van der Waals surface area (Å²) in [7, 11) is 0. The molecule has 10 heteroatoms. The Bertz CT molecular complexity index is 1210. The Morgan fingerprint density at radius 3 is 2.66 bits per heavy atom. The van der Waals surface area contributed by atoms with Crippen LogP contribution in [0.2, 0.25) is 0 Å². The number of H-pyrrole nitrogens is 1. The molecule has 0 radical (unpaired) electrons. The van der Waals surface area contributed by atoms with Crippen LogP contribution in [-0.2, 0) is 0 Å². The summed E-state index contributed by atoms with van der Waals surface area (Å²) < 4.78 is 0. The number of aliphatic hydroxyl groups excluding tert-OH is 1. The first kappa shape index (κ1) is 20.9. The minimum Gasteiger partial charge on any atom is -0.394 e. The fourth-order valence-electron chi connectivity index (χ4n) is 3.31. The van der Waals surface area contributed by atoms with Crippen molar-refractivity contribution in [3.8, 4) is 11.3 Å². The minimum atomic E-state index is -0.481. The van der Waals surface area contributed by atoms with Crippen molar-refractivity contribution >= 4 is 23.4 Å². The molecule has 2 aromatic carbocycles. The van der Waals surface area contributed by atoms with Crippen molar-refractivity contribution in [1.82, 2.24) is 25.4 Å². The molecule has 0 aliphatic carbocycles. The number of aryl methyl sites for hydroxylation is 1. The summed E-state index contributed by atoms with van der Waals surface area (Å²) in [6, 6.07) is 14.4. The summed E-state index contributed by atoms with van der Waals surface area (Å²) >= 11 is 0. The third-order valence-corrected chi connectivity index (χ3v) is 4.94. The molecule has 4 rings (SSSR count). The smallest absolute Gasteiger partial charge is 0.248 e. The second kappa shape index (κ2) is 9.23. The van der Waals surface area contributed by atoms with Crippen LogP contribution in [0.1, 0.15) is 27.5 Å². The van der Waals surface area contributed by atoms with Crippen LogP contribution >= 0.6 is 0 Å². The molecule has 6 N–H and O–H groups in total. The third-order valence-electron chi connectivity index (χ3n) is 4.94. The van der Waals surface area contributed by atoms with E-state index in [0.717, 1.165) is 11.1 Å². The van der Waals surface area contributed by atoms with Gasteiger partial charge in [-0.1, -0.05) is 35.5 Å². The fourth-order valence-corrected chi connectivity index (χ4v) is 3.31. The van der Waals surface area contributed by atoms with E-state index in [1.807, 2.05) is 30.3 Å². The first-order valence-corrected chi connectivity index (χ1v) is 9.88. The highest BCUT2D eigenvalue weighted by molar-refractivity contribution is 5.94. The van der Waals surface area contributed by atoms with E-state index in [4.69, 9.17) is 5.73 Å². The van der Waals surface area contributed by atoms with Crippen molar-refractivity contribution in [3.05, 3.63) is 77.6 Å². The van der Waals surface area contributed by atoms with Crippen LogP contribution < -0.4 is 16.4 Å². The maximum atomic E-state index is 11.5. The zero-order chi connectivity index (χ0) is 22.5. The zero-order valence-electron chi connectivity index (χ0n) is 17.3. The van der Waals surface area contributed by atoms with Crippen molar-refractivity contribution in [2.45, 2.75) is 13.0 Å². The van der Waals surface area contributed by atoms with E-state index < -0.39 is 5.91 Å². The van der Waals surface area contributed by atoms with Crippen molar-refractivity contribution in [3.63, 3.8) is 0 Å². The zero-order valence-corrected chi connectivity index (χ0v) is 17.3. The molecule has 0 fully saturated rings. The number of aromatic nitrogens is 5. The minimum absolute atomic E-state index is 0.134. The van der Waals surface area contributed by atoms with Crippen molar-refractivity contribution < 1.29 is 9.90 Å². The summed E-state index contributed by atoms with van der Waals surface area (Å²) in [5.41, 5.74) is 9.47. The van der Waals surface area contributed by atoms with Crippen LogP contribution in [0.5, 0.6) is 0 Å². The Kier molecular flexibility index (Phi) is 6.04. The average molecular weight is 430 g/mol. The van der Waals surface area contributed by atoms with E-state index in [1.54, 1.807) is 37.5 Å². The molecule has 0 aliphatic heterocycles. The molecule has 0 saturated heterocycles. The normalized spacial score (nSPS) is 11.7. The topological polar surface area (TPSA) is 155 Å². The van der Waals surface area contributed by atoms with Gasteiger partial charge in [0.25, 0.3) is 0 Å². The number of nitrogens with zero attached hydrogens (tertiary/aromatic N) is 4. The molecule has 32 heavy (non-hydrogen) atoms. The lowest BCUT2D eigenvalue weighted by atomic mass is 10.1. The lowest BCUT2D eigenvalue weighted by molar-refractivity contribution is 0.0999. The molecule has 162 valence electrons. The maximum absolute atomic E-state index is 11.5. The molecule has 2 aromatic heterocycles. The second-order valence-electron chi connectivity index (χ2n) is 7.14. The molecular formula is C22H22N8O2. The average Bonchev–Trinajstić information content (AvgIpc) is 3.33. The molecule has 0 bridgehead atoms. The standard InChI is InChI=1S/C22H22N8O2/c1-13-9-15(7-8-16(13)20(23)32)26-22-24-10-17(18-11-25-30-29-18)21(28-22)27-19(12-31)14-5-3-2-4-6-14/h2-11,19,31H,12H2,1H3,(H2,23,32)(H,25,29,30)(H2,24,26,27,28)/t19-/m1/s1. The number of carbonyl (C=O) groups is 1. The Morgan fingerprint density at radius 1 is 1.19 bits per heavy atom. The number of aliphatic hydroxyl groups is 1. The van der Waals surface area contributed by atoms with Gasteiger partial charge in [-0.25, -0.2) is 4.98 Å². The molecule has 1 atom stereocenters. The summed E-state index contributed by atoms with van der Waals surface area (Å²) in [6.07, 6.45) is 3.20. The van der Waals surface area contributed by atoms with Crippen LogP contribution in [-0.4, -0.2) is 43.0 Å². The number of aromatic amines is 1. The van der Waals surface area contributed by atoms with Gasteiger partial charge in [0, 0.05) is 17.4 Å². The predicted octanol–water partition coefficient (Wildman–Crippen LogP) is 2.56. The highest BCUT2D eigenvalue weighted by Crippen LogP contribution is 2.29. The molecule has 0 spiro atoms. The van der Waals surface area contributed by atoms with Crippen LogP contribution in [0.15, 0.2) is 60.9 Å². The summed E-state index contributed by atoms with van der Waals surface area (Å²) in [6.45, 7) is 1.67. The molecule has 4 aromatic rings. The molecule has 0 saturated carbocycles. The van der Waals surface area contributed by atoms with Gasteiger partial charge in [0.15, 0.2) is 0 Å². The molecular weight excluding hydrogens is 408 g/mol. The number of nitrogens with one attached hydrogen (secondary N) is 3.